The number of allylic oxidation sites excluding steroid dienone is 1. The molecule has 47 heavy (non-hydrogen) atoms. The summed E-state index contributed by atoms with van der Waals surface area (Å²) in [6, 6.07) is 27.2. The van der Waals surface area contributed by atoms with Crippen LogP contribution in [0.2, 0.25) is 0 Å². The number of carbonyl (C=O) groups excluding carboxylic acids is 4. The normalized spacial score (nSPS) is 24.4. The van der Waals surface area contributed by atoms with Crippen molar-refractivity contribution in [2.75, 3.05) is 0 Å². The third-order valence-corrected chi connectivity index (χ3v) is 10.6. The highest BCUT2D eigenvalue weighted by molar-refractivity contribution is 8.01. The SMILES string of the molecule is CC(C)(C)OC(=O)[C@H]1CC=C(C(=O)OCc2ccccc2)[C@]12C(=O)N1[C@@H](C(=O)OC(c3ccccc3)c3ccccc3)C(C)(C)S[C@@H]12. The fourth-order valence-electron chi connectivity index (χ4n) is 6.89. The fourth-order valence-corrected chi connectivity index (χ4v) is 8.71. The highest BCUT2D eigenvalue weighted by Gasteiger charge is 2.78. The molecule has 0 N–H and O–H groups in total. The number of hydrogen-bond acceptors (Lipinski definition) is 8. The van der Waals surface area contributed by atoms with Gasteiger partial charge in [0.25, 0.3) is 0 Å². The standard InChI is InChI=1S/C38H39NO7S/c1-36(2,3)46-32(41)28-22-21-27(31(40)44-23-24-15-9-6-10-16-24)38(28)34(43)39-30(37(4,5)47-35(38)39)33(42)45-29(25-17-11-7-12-18-25)26-19-13-8-14-20-26/h6-21,28-30,35H,22-23H2,1-5H3/t28-,30+,35-,38-/m1/s1. The first kappa shape index (κ1) is 32.6. The summed E-state index contributed by atoms with van der Waals surface area (Å²) in [5.41, 5.74) is 0.185. The number of β-lactam (4-membered cyclic amide) rings is 1. The van der Waals surface area contributed by atoms with Crippen molar-refractivity contribution < 1.29 is 33.4 Å². The summed E-state index contributed by atoms with van der Waals surface area (Å²) < 4.78 is 16.9. The molecule has 3 aromatic rings. The van der Waals surface area contributed by atoms with E-state index in [0.29, 0.717) is 0 Å². The molecule has 9 heteroatoms. The summed E-state index contributed by atoms with van der Waals surface area (Å²) in [6.07, 6.45) is 1.08. The average Bonchev–Trinajstić information content (AvgIpc) is 3.59. The van der Waals surface area contributed by atoms with Gasteiger partial charge in [-0.2, -0.15) is 0 Å². The van der Waals surface area contributed by atoms with Crippen LogP contribution in [0, 0.1) is 11.3 Å². The maximum absolute atomic E-state index is 14.6. The van der Waals surface area contributed by atoms with Crippen LogP contribution in [0.3, 0.4) is 0 Å². The van der Waals surface area contributed by atoms with Crippen molar-refractivity contribution in [3.63, 3.8) is 0 Å². The van der Waals surface area contributed by atoms with Crippen LogP contribution in [0.5, 0.6) is 0 Å². The van der Waals surface area contributed by atoms with Crippen LogP contribution < -0.4 is 0 Å². The van der Waals surface area contributed by atoms with Crippen molar-refractivity contribution in [1.29, 1.82) is 0 Å². The molecule has 0 radical (unpaired) electrons. The minimum atomic E-state index is -1.54. The molecular formula is C38H39NO7S. The highest BCUT2D eigenvalue weighted by atomic mass is 32.2. The number of rotatable bonds is 8. The number of ether oxygens (including phenoxy) is 3. The molecule has 2 saturated heterocycles. The number of amides is 1. The molecule has 8 nitrogen and oxygen atoms in total. The van der Waals surface area contributed by atoms with Crippen molar-refractivity contribution in [3.8, 4) is 0 Å². The van der Waals surface area contributed by atoms with Crippen molar-refractivity contribution >= 4 is 35.6 Å². The molecule has 4 atom stereocenters. The Morgan fingerprint density at radius 1 is 0.872 bits per heavy atom. The number of carbonyl (C=O) groups is 4. The van der Waals surface area contributed by atoms with E-state index in [0.717, 1.165) is 16.7 Å². The zero-order valence-corrected chi connectivity index (χ0v) is 28.0. The maximum Gasteiger partial charge on any atom is 0.335 e. The number of hydrogen-bond donors (Lipinski definition) is 0. The van der Waals surface area contributed by atoms with Crippen LogP contribution in [0.15, 0.2) is 103 Å². The van der Waals surface area contributed by atoms with Gasteiger partial charge in [-0.25, -0.2) is 9.59 Å². The predicted octanol–water partition coefficient (Wildman–Crippen LogP) is 6.40. The van der Waals surface area contributed by atoms with Crippen LogP contribution in [-0.4, -0.2) is 50.5 Å². The molecule has 0 bridgehead atoms. The summed E-state index contributed by atoms with van der Waals surface area (Å²) >= 11 is 1.40. The summed E-state index contributed by atoms with van der Waals surface area (Å²) in [5.74, 6) is -3.21. The van der Waals surface area contributed by atoms with Crippen LogP contribution in [0.1, 0.15) is 63.8 Å². The van der Waals surface area contributed by atoms with Gasteiger partial charge in [-0.1, -0.05) is 97.1 Å². The lowest BCUT2D eigenvalue weighted by molar-refractivity contribution is -0.187. The number of nitrogens with zero attached hydrogens (tertiary/aromatic N) is 1. The van der Waals surface area contributed by atoms with Crippen molar-refractivity contribution in [1.82, 2.24) is 4.90 Å². The molecule has 1 spiro atoms. The van der Waals surface area contributed by atoms with Gasteiger partial charge in [0.05, 0.1) is 16.9 Å². The second-order valence-corrected chi connectivity index (χ2v) is 15.4. The summed E-state index contributed by atoms with van der Waals surface area (Å²) in [6.45, 7) is 9.08. The summed E-state index contributed by atoms with van der Waals surface area (Å²) in [4.78, 5) is 57.8. The van der Waals surface area contributed by atoms with E-state index >= 15 is 0 Å². The van der Waals surface area contributed by atoms with E-state index in [-0.39, 0.29) is 18.6 Å². The molecule has 3 aromatic carbocycles. The van der Waals surface area contributed by atoms with Gasteiger partial charge in [0.1, 0.15) is 23.7 Å². The number of benzene rings is 3. The first-order valence-corrected chi connectivity index (χ1v) is 16.7. The lowest BCUT2D eigenvalue weighted by Gasteiger charge is -2.54. The van der Waals surface area contributed by atoms with Crippen molar-refractivity contribution in [2.24, 2.45) is 11.3 Å². The van der Waals surface area contributed by atoms with Gasteiger partial charge < -0.3 is 19.1 Å². The van der Waals surface area contributed by atoms with Crippen molar-refractivity contribution in [3.05, 3.63) is 119 Å². The molecule has 1 aliphatic carbocycles. The maximum atomic E-state index is 14.6. The van der Waals surface area contributed by atoms with Crippen molar-refractivity contribution in [2.45, 2.75) is 75.5 Å². The fraction of sp³-hybridized carbons (Fsp3) is 0.368. The smallest absolute Gasteiger partial charge is 0.335 e. The van der Waals surface area contributed by atoms with Crippen LogP contribution in [-0.2, 0) is 40.0 Å². The Morgan fingerprint density at radius 3 is 1.98 bits per heavy atom. The highest BCUT2D eigenvalue weighted by Crippen LogP contribution is 2.67. The van der Waals surface area contributed by atoms with Gasteiger partial charge >= 0.3 is 17.9 Å². The molecule has 0 aromatic heterocycles. The van der Waals surface area contributed by atoms with E-state index in [4.69, 9.17) is 14.2 Å². The zero-order chi connectivity index (χ0) is 33.6. The van der Waals surface area contributed by atoms with E-state index in [1.165, 1.54) is 16.7 Å². The largest absolute Gasteiger partial charge is 0.460 e. The lowest BCUT2D eigenvalue weighted by atomic mass is 9.65. The second-order valence-electron chi connectivity index (χ2n) is 13.7. The molecule has 1 amide bonds. The van der Waals surface area contributed by atoms with E-state index in [2.05, 4.69) is 0 Å². The molecule has 0 saturated carbocycles. The zero-order valence-electron chi connectivity index (χ0n) is 27.2. The Hall–Kier alpha value is -4.37. The average molecular weight is 654 g/mol. The Balaban J connectivity index is 1.32. The molecule has 244 valence electrons. The van der Waals surface area contributed by atoms with E-state index in [1.54, 1.807) is 26.8 Å². The van der Waals surface area contributed by atoms with Gasteiger partial charge in [0.2, 0.25) is 5.91 Å². The predicted molar refractivity (Wildman–Crippen MR) is 178 cm³/mol. The van der Waals surface area contributed by atoms with Gasteiger partial charge in [0.15, 0.2) is 6.10 Å². The van der Waals surface area contributed by atoms with Gasteiger partial charge in [-0.15, -0.1) is 11.8 Å². The lowest BCUT2D eigenvalue weighted by Crippen LogP contribution is -2.72. The minimum absolute atomic E-state index is 0.0146. The number of thioether (sulfide) groups is 1. The van der Waals surface area contributed by atoms with Gasteiger partial charge in [-0.3, -0.25) is 9.59 Å². The van der Waals surface area contributed by atoms with Gasteiger partial charge in [-0.05, 0) is 57.7 Å². The quantitative estimate of drug-likeness (QED) is 0.157. The molecular weight excluding hydrogens is 614 g/mol. The Labute approximate surface area is 279 Å². The summed E-state index contributed by atoms with van der Waals surface area (Å²) in [7, 11) is 0. The second kappa shape index (κ2) is 12.3. The molecule has 3 aliphatic rings. The Bertz CT molecular complexity index is 1660. The number of fused-ring (bicyclic) bond motifs is 2. The monoisotopic (exact) mass is 653 g/mol. The molecule has 2 heterocycles. The third kappa shape index (κ3) is 5.86. The molecule has 0 unspecified atom stereocenters. The van der Waals surface area contributed by atoms with E-state index in [9.17, 15) is 19.2 Å². The first-order valence-electron chi connectivity index (χ1n) is 15.8. The van der Waals surface area contributed by atoms with Crippen LogP contribution in [0.25, 0.3) is 0 Å². The third-order valence-electron chi connectivity index (χ3n) is 8.92. The minimum Gasteiger partial charge on any atom is -0.460 e. The number of esters is 3. The molecule has 6 rings (SSSR count). The van der Waals surface area contributed by atoms with Crippen LogP contribution in [0.4, 0.5) is 0 Å². The summed E-state index contributed by atoms with van der Waals surface area (Å²) in [5, 5.41) is -0.690. The van der Waals surface area contributed by atoms with Crippen LogP contribution >= 0.6 is 11.8 Å². The van der Waals surface area contributed by atoms with E-state index in [1.807, 2.05) is 105 Å². The van der Waals surface area contributed by atoms with Gasteiger partial charge in [0, 0.05) is 4.75 Å². The Kier molecular flexibility index (Phi) is 8.55. The first-order chi connectivity index (χ1) is 22.3. The Morgan fingerprint density at radius 2 is 1.43 bits per heavy atom. The molecule has 2 fully saturated rings. The topological polar surface area (TPSA) is 99.2 Å². The van der Waals surface area contributed by atoms with E-state index < -0.39 is 63.0 Å². The molecule has 2 aliphatic heterocycles.